The van der Waals surface area contributed by atoms with Gasteiger partial charge in [-0.1, -0.05) is 45.4 Å². The molecular formula is C25H23BrN4O3S. The summed E-state index contributed by atoms with van der Waals surface area (Å²) in [6.07, 6.45) is 0. The van der Waals surface area contributed by atoms with Crippen LogP contribution in [0.4, 0.5) is 5.69 Å². The Labute approximate surface area is 210 Å². The molecule has 0 bridgehead atoms. The molecule has 4 aromatic rings. The molecule has 0 saturated carbocycles. The zero-order valence-electron chi connectivity index (χ0n) is 18.9. The maximum absolute atomic E-state index is 12.6. The van der Waals surface area contributed by atoms with Crippen LogP contribution in [0.5, 0.6) is 11.5 Å². The minimum atomic E-state index is -0.169. The Morgan fingerprint density at radius 1 is 1.09 bits per heavy atom. The van der Waals surface area contributed by atoms with Crippen molar-refractivity contribution in [2.75, 3.05) is 18.2 Å². The summed E-state index contributed by atoms with van der Waals surface area (Å²) >= 11 is 4.74. The smallest absolute Gasteiger partial charge is 0.234 e. The predicted octanol–water partition coefficient (Wildman–Crippen LogP) is 5.76. The number of amides is 1. The maximum atomic E-state index is 12.6. The van der Waals surface area contributed by atoms with E-state index in [4.69, 9.17) is 4.74 Å². The highest BCUT2D eigenvalue weighted by Crippen LogP contribution is 2.35. The van der Waals surface area contributed by atoms with Crippen LogP contribution >= 0.6 is 27.7 Å². The van der Waals surface area contributed by atoms with E-state index < -0.39 is 0 Å². The minimum Gasteiger partial charge on any atom is -0.507 e. The van der Waals surface area contributed by atoms with E-state index in [2.05, 4.69) is 37.5 Å². The van der Waals surface area contributed by atoms with Crippen LogP contribution in [0.1, 0.15) is 11.1 Å². The SMILES string of the molecule is COc1ccc(NC(=O)CSc2nnc(-c3cc(Br)ccc3O)n2-c2ccc(C)cc2C)cc1. The molecular weight excluding hydrogens is 516 g/mol. The van der Waals surface area contributed by atoms with Crippen molar-refractivity contribution in [2.45, 2.75) is 19.0 Å². The van der Waals surface area contributed by atoms with Crippen LogP contribution in [0.3, 0.4) is 0 Å². The summed E-state index contributed by atoms with van der Waals surface area (Å²) in [5.41, 5.74) is 4.26. The maximum Gasteiger partial charge on any atom is 0.234 e. The summed E-state index contributed by atoms with van der Waals surface area (Å²) in [7, 11) is 1.60. The summed E-state index contributed by atoms with van der Waals surface area (Å²) in [5.74, 6) is 1.27. The molecule has 4 rings (SSSR count). The number of rotatable bonds is 7. The number of nitrogens with one attached hydrogen (secondary N) is 1. The molecule has 0 radical (unpaired) electrons. The van der Waals surface area contributed by atoms with Gasteiger partial charge < -0.3 is 15.2 Å². The number of aromatic nitrogens is 3. The molecule has 0 aliphatic heterocycles. The summed E-state index contributed by atoms with van der Waals surface area (Å²) < 4.78 is 7.84. The molecule has 0 aliphatic rings. The van der Waals surface area contributed by atoms with E-state index in [1.54, 1.807) is 49.6 Å². The van der Waals surface area contributed by atoms with Crippen LogP contribution in [0.15, 0.2) is 70.3 Å². The molecule has 1 aromatic heterocycles. The molecule has 0 aliphatic carbocycles. The Bertz CT molecular complexity index is 1340. The lowest BCUT2D eigenvalue weighted by Gasteiger charge is -2.14. The Morgan fingerprint density at radius 3 is 2.56 bits per heavy atom. The zero-order chi connectivity index (χ0) is 24.2. The lowest BCUT2D eigenvalue weighted by molar-refractivity contribution is -0.113. The number of aryl methyl sites for hydroxylation is 2. The van der Waals surface area contributed by atoms with Crippen molar-refractivity contribution < 1.29 is 14.6 Å². The number of nitrogens with zero attached hydrogens (tertiary/aromatic N) is 3. The quantitative estimate of drug-likeness (QED) is 0.291. The van der Waals surface area contributed by atoms with E-state index in [1.165, 1.54) is 11.8 Å². The van der Waals surface area contributed by atoms with Crippen molar-refractivity contribution in [3.05, 3.63) is 76.3 Å². The molecule has 174 valence electrons. The highest BCUT2D eigenvalue weighted by atomic mass is 79.9. The molecule has 0 unspecified atom stereocenters. The Balaban J connectivity index is 1.65. The fourth-order valence-corrected chi connectivity index (χ4v) is 4.61. The third-order valence-electron chi connectivity index (χ3n) is 5.13. The largest absolute Gasteiger partial charge is 0.507 e. The van der Waals surface area contributed by atoms with Crippen LogP contribution in [0.2, 0.25) is 0 Å². The second-order valence-corrected chi connectivity index (χ2v) is 9.52. The van der Waals surface area contributed by atoms with E-state index in [0.717, 1.165) is 27.0 Å². The molecule has 1 amide bonds. The third kappa shape index (κ3) is 5.26. The summed E-state index contributed by atoms with van der Waals surface area (Å²) in [6.45, 7) is 4.04. The second kappa shape index (κ2) is 10.3. The number of hydrogen-bond donors (Lipinski definition) is 2. The minimum absolute atomic E-state index is 0.0930. The second-order valence-electron chi connectivity index (χ2n) is 7.66. The van der Waals surface area contributed by atoms with Crippen LogP contribution in [0, 0.1) is 13.8 Å². The fraction of sp³-hybridized carbons (Fsp3) is 0.160. The Morgan fingerprint density at radius 2 is 1.85 bits per heavy atom. The summed E-state index contributed by atoms with van der Waals surface area (Å²) in [6, 6.07) is 18.4. The highest BCUT2D eigenvalue weighted by molar-refractivity contribution is 9.10. The molecule has 0 atom stereocenters. The molecule has 34 heavy (non-hydrogen) atoms. The number of halogens is 1. The van der Waals surface area contributed by atoms with Gasteiger partial charge in [0.2, 0.25) is 5.91 Å². The van der Waals surface area contributed by atoms with Gasteiger partial charge in [0.1, 0.15) is 11.5 Å². The van der Waals surface area contributed by atoms with E-state index in [0.29, 0.717) is 22.2 Å². The van der Waals surface area contributed by atoms with E-state index in [9.17, 15) is 9.90 Å². The molecule has 1 heterocycles. The van der Waals surface area contributed by atoms with E-state index in [1.807, 2.05) is 30.5 Å². The third-order valence-corrected chi connectivity index (χ3v) is 6.55. The van der Waals surface area contributed by atoms with Gasteiger partial charge in [0, 0.05) is 10.2 Å². The normalized spacial score (nSPS) is 10.8. The van der Waals surface area contributed by atoms with Gasteiger partial charge in [-0.15, -0.1) is 10.2 Å². The highest BCUT2D eigenvalue weighted by Gasteiger charge is 2.21. The fourth-order valence-electron chi connectivity index (χ4n) is 3.50. The zero-order valence-corrected chi connectivity index (χ0v) is 21.3. The average molecular weight is 539 g/mol. The topological polar surface area (TPSA) is 89.3 Å². The number of benzene rings is 3. The summed E-state index contributed by atoms with van der Waals surface area (Å²) in [4.78, 5) is 12.6. The van der Waals surface area contributed by atoms with Crippen molar-refractivity contribution in [2.24, 2.45) is 0 Å². The standard InChI is InChI=1S/C25H23BrN4O3S/c1-15-4-10-21(16(2)12-15)30-24(20-13-17(26)5-11-22(20)31)28-29-25(30)34-14-23(32)27-18-6-8-19(33-3)9-7-18/h4-13,31H,14H2,1-3H3,(H,27,32). The van der Waals surface area contributed by atoms with Crippen molar-refractivity contribution in [3.63, 3.8) is 0 Å². The number of aromatic hydroxyl groups is 1. The first-order chi connectivity index (χ1) is 16.4. The molecule has 3 aromatic carbocycles. The number of anilines is 1. The average Bonchev–Trinajstić information content (AvgIpc) is 3.23. The van der Waals surface area contributed by atoms with Crippen molar-refractivity contribution in [1.82, 2.24) is 14.8 Å². The first-order valence-corrected chi connectivity index (χ1v) is 12.2. The number of phenolic OH excluding ortho intramolecular Hbond substituents is 1. The first-order valence-electron chi connectivity index (χ1n) is 10.4. The molecule has 0 saturated heterocycles. The van der Waals surface area contributed by atoms with Crippen molar-refractivity contribution in [1.29, 1.82) is 0 Å². The number of carbonyl (C=O) groups is 1. The van der Waals surface area contributed by atoms with Gasteiger partial charge in [-0.2, -0.15) is 0 Å². The predicted molar refractivity (Wildman–Crippen MR) is 138 cm³/mol. The van der Waals surface area contributed by atoms with Crippen LogP contribution in [-0.4, -0.2) is 38.6 Å². The van der Waals surface area contributed by atoms with Gasteiger partial charge in [0.25, 0.3) is 0 Å². The molecule has 7 nitrogen and oxygen atoms in total. The van der Waals surface area contributed by atoms with E-state index in [-0.39, 0.29) is 17.4 Å². The Kier molecular flexibility index (Phi) is 7.23. The lowest BCUT2D eigenvalue weighted by atomic mass is 10.1. The van der Waals surface area contributed by atoms with Gasteiger partial charge in [-0.25, -0.2) is 0 Å². The van der Waals surface area contributed by atoms with Crippen LogP contribution in [0.25, 0.3) is 17.1 Å². The van der Waals surface area contributed by atoms with Crippen molar-refractivity contribution in [3.8, 4) is 28.6 Å². The van der Waals surface area contributed by atoms with E-state index >= 15 is 0 Å². The molecule has 0 spiro atoms. The molecule has 9 heteroatoms. The number of hydrogen-bond acceptors (Lipinski definition) is 6. The number of thioether (sulfide) groups is 1. The lowest BCUT2D eigenvalue weighted by Crippen LogP contribution is -2.14. The number of ether oxygens (including phenoxy) is 1. The van der Waals surface area contributed by atoms with Gasteiger partial charge >= 0.3 is 0 Å². The van der Waals surface area contributed by atoms with Gasteiger partial charge in [0.15, 0.2) is 11.0 Å². The van der Waals surface area contributed by atoms with Gasteiger partial charge in [-0.3, -0.25) is 9.36 Å². The van der Waals surface area contributed by atoms with Crippen LogP contribution < -0.4 is 10.1 Å². The number of carbonyl (C=O) groups excluding carboxylic acids is 1. The number of phenols is 1. The molecule has 0 fully saturated rings. The van der Waals surface area contributed by atoms with Crippen LogP contribution in [-0.2, 0) is 4.79 Å². The van der Waals surface area contributed by atoms with Gasteiger partial charge in [0.05, 0.1) is 24.1 Å². The number of methoxy groups -OCH3 is 1. The van der Waals surface area contributed by atoms with Gasteiger partial charge in [-0.05, 0) is 67.9 Å². The summed E-state index contributed by atoms with van der Waals surface area (Å²) in [5, 5.41) is 22.7. The Hall–Kier alpha value is -3.30. The molecule has 2 N–H and O–H groups in total. The monoisotopic (exact) mass is 538 g/mol. The first kappa shape index (κ1) is 23.8. The van der Waals surface area contributed by atoms with Crippen molar-refractivity contribution >= 4 is 39.3 Å².